The molecule has 7 heteroatoms. The molecular formula is C20H25N5O2. The minimum atomic E-state index is -0.298. The Morgan fingerprint density at radius 1 is 0.926 bits per heavy atom. The van der Waals surface area contributed by atoms with Gasteiger partial charge in [0.2, 0.25) is 5.95 Å². The normalized spacial score (nSPS) is 14.8. The van der Waals surface area contributed by atoms with E-state index in [2.05, 4.69) is 20.2 Å². The van der Waals surface area contributed by atoms with Gasteiger partial charge in [0.1, 0.15) is 0 Å². The predicted molar refractivity (Wildman–Crippen MR) is 104 cm³/mol. The van der Waals surface area contributed by atoms with Crippen LogP contribution in [0.25, 0.3) is 0 Å². The first-order chi connectivity index (χ1) is 12.8. The Morgan fingerprint density at radius 3 is 2.04 bits per heavy atom. The Balaban J connectivity index is 1.59. The minimum absolute atomic E-state index is 0.0218. The molecule has 1 aromatic heterocycles. The lowest BCUT2D eigenvalue weighted by molar-refractivity contribution is 0.0745. The molecule has 2 heterocycles. The van der Waals surface area contributed by atoms with Gasteiger partial charge in [-0.15, -0.1) is 0 Å². The van der Waals surface area contributed by atoms with E-state index in [1.54, 1.807) is 42.7 Å². The molecule has 1 aliphatic heterocycles. The van der Waals surface area contributed by atoms with Gasteiger partial charge in [-0.2, -0.15) is 0 Å². The van der Waals surface area contributed by atoms with Gasteiger partial charge in [-0.25, -0.2) is 9.97 Å². The first-order valence-electron chi connectivity index (χ1n) is 9.07. The fraction of sp³-hybridized carbons (Fsp3) is 0.400. The lowest BCUT2D eigenvalue weighted by atomic mass is 10.1. The molecule has 142 valence electrons. The van der Waals surface area contributed by atoms with E-state index >= 15 is 0 Å². The van der Waals surface area contributed by atoms with Crippen LogP contribution in [0.15, 0.2) is 42.7 Å². The van der Waals surface area contributed by atoms with Gasteiger partial charge in [-0.05, 0) is 51.1 Å². The van der Waals surface area contributed by atoms with Gasteiger partial charge in [-0.3, -0.25) is 9.59 Å². The van der Waals surface area contributed by atoms with Gasteiger partial charge in [0.15, 0.2) is 0 Å². The van der Waals surface area contributed by atoms with Crippen molar-refractivity contribution in [3.63, 3.8) is 0 Å². The fourth-order valence-electron chi connectivity index (χ4n) is 2.92. The standard InChI is InChI=1S/C20H25N5O2/c1-20(2,3)23-17(26)15-5-7-16(8-6-15)18(27)24-11-13-25(14-12-24)19-21-9-4-10-22-19/h4-10H,11-14H2,1-3H3,(H,23,26). The number of amides is 2. The van der Waals surface area contributed by atoms with E-state index in [4.69, 9.17) is 0 Å². The summed E-state index contributed by atoms with van der Waals surface area (Å²) in [6.07, 6.45) is 3.44. The molecule has 27 heavy (non-hydrogen) atoms. The van der Waals surface area contributed by atoms with Crippen LogP contribution in [-0.4, -0.2) is 58.4 Å². The summed E-state index contributed by atoms with van der Waals surface area (Å²) < 4.78 is 0. The molecule has 3 rings (SSSR count). The van der Waals surface area contributed by atoms with Crippen LogP contribution in [0.5, 0.6) is 0 Å². The highest BCUT2D eigenvalue weighted by Gasteiger charge is 2.23. The molecule has 2 aromatic rings. The zero-order chi connectivity index (χ0) is 19.4. The number of carbonyl (C=O) groups excluding carboxylic acids is 2. The van der Waals surface area contributed by atoms with Crippen molar-refractivity contribution in [3.05, 3.63) is 53.9 Å². The second kappa shape index (κ2) is 7.73. The van der Waals surface area contributed by atoms with Crippen LogP contribution in [0, 0.1) is 0 Å². The second-order valence-corrected chi connectivity index (χ2v) is 7.61. The first-order valence-corrected chi connectivity index (χ1v) is 9.07. The summed E-state index contributed by atoms with van der Waals surface area (Å²) in [5.41, 5.74) is 0.840. The van der Waals surface area contributed by atoms with Crippen LogP contribution in [0.2, 0.25) is 0 Å². The average molecular weight is 367 g/mol. The topological polar surface area (TPSA) is 78.4 Å². The number of rotatable bonds is 3. The minimum Gasteiger partial charge on any atom is -0.347 e. The van der Waals surface area contributed by atoms with E-state index < -0.39 is 0 Å². The zero-order valence-corrected chi connectivity index (χ0v) is 16.0. The highest BCUT2D eigenvalue weighted by Crippen LogP contribution is 2.14. The number of carbonyl (C=O) groups is 2. The molecule has 0 spiro atoms. The molecule has 0 unspecified atom stereocenters. The third-order valence-corrected chi connectivity index (χ3v) is 4.28. The van der Waals surface area contributed by atoms with Gasteiger partial charge < -0.3 is 15.1 Å². The summed E-state index contributed by atoms with van der Waals surface area (Å²) in [6.45, 7) is 8.42. The highest BCUT2D eigenvalue weighted by molar-refractivity contribution is 5.98. The smallest absolute Gasteiger partial charge is 0.253 e. The molecule has 0 aliphatic carbocycles. The molecular weight excluding hydrogens is 342 g/mol. The molecule has 1 aromatic carbocycles. The average Bonchev–Trinajstić information content (AvgIpc) is 2.67. The highest BCUT2D eigenvalue weighted by atomic mass is 16.2. The van der Waals surface area contributed by atoms with Crippen molar-refractivity contribution in [3.8, 4) is 0 Å². The van der Waals surface area contributed by atoms with Crippen molar-refractivity contribution in [2.24, 2.45) is 0 Å². The molecule has 0 saturated carbocycles. The maximum absolute atomic E-state index is 12.7. The van der Waals surface area contributed by atoms with Crippen LogP contribution in [-0.2, 0) is 0 Å². The lowest BCUT2D eigenvalue weighted by Gasteiger charge is -2.34. The van der Waals surface area contributed by atoms with Gasteiger partial charge in [0, 0.05) is 55.2 Å². The van der Waals surface area contributed by atoms with E-state index in [9.17, 15) is 9.59 Å². The van der Waals surface area contributed by atoms with Gasteiger partial charge in [0.05, 0.1) is 0 Å². The second-order valence-electron chi connectivity index (χ2n) is 7.61. The van der Waals surface area contributed by atoms with Crippen molar-refractivity contribution in [1.82, 2.24) is 20.2 Å². The number of hydrogen-bond donors (Lipinski definition) is 1. The Morgan fingerprint density at radius 2 is 1.48 bits per heavy atom. The van der Waals surface area contributed by atoms with Crippen LogP contribution >= 0.6 is 0 Å². The Kier molecular flexibility index (Phi) is 5.39. The van der Waals surface area contributed by atoms with Crippen molar-refractivity contribution in [2.45, 2.75) is 26.3 Å². The maximum atomic E-state index is 12.7. The molecule has 1 fully saturated rings. The van der Waals surface area contributed by atoms with E-state index in [0.29, 0.717) is 43.3 Å². The molecule has 1 aliphatic rings. The maximum Gasteiger partial charge on any atom is 0.253 e. The Hall–Kier alpha value is -2.96. The lowest BCUT2D eigenvalue weighted by Crippen LogP contribution is -2.49. The van der Waals surface area contributed by atoms with E-state index in [0.717, 1.165) is 0 Å². The van der Waals surface area contributed by atoms with Crippen LogP contribution in [0.3, 0.4) is 0 Å². The monoisotopic (exact) mass is 367 g/mol. The number of benzene rings is 1. The summed E-state index contributed by atoms with van der Waals surface area (Å²) in [7, 11) is 0. The third-order valence-electron chi connectivity index (χ3n) is 4.28. The summed E-state index contributed by atoms with van der Waals surface area (Å²) in [5.74, 6) is 0.531. The summed E-state index contributed by atoms with van der Waals surface area (Å²) in [6, 6.07) is 8.61. The molecule has 7 nitrogen and oxygen atoms in total. The van der Waals surface area contributed by atoms with Crippen LogP contribution in [0.1, 0.15) is 41.5 Å². The first kappa shape index (κ1) is 18.8. The van der Waals surface area contributed by atoms with Gasteiger partial charge in [0.25, 0.3) is 11.8 Å². The molecule has 0 bridgehead atoms. The number of nitrogens with one attached hydrogen (secondary N) is 1. The van der Waals surface area contributed by atoms with Crippen molar-refractivity contribution >= 4 is 17.8 Å². The SMILES string of the molecule is CC(C)(C)NC(=O)c1ccc(C(=O)N2CCN(c3ncccn3)CC2)cc1. The molecule has 2 amide bonds. The number of hydrogen-bond acceptors (Lipinski definition) is 5. The summed E-state index contributed by atoms with van der Waals surface area (Å²) in [5, 5.41) is 2.92. The largest absolute Gasteiger partial charge is 0.347 e. The van der Waals surface area contributed by atoms with Crippen LogP contribution < -0.4 is 10.2 Å². The van der Waals surface area contributed by atoms with Crippen molar-refractivity contribution < 1.29 is 9.59 Å². The Labute approximate surface area is 159 Å². The number of piperazine rings is 1. The summed E-state index contributed by atoms with van der Waals surface area (Å²) >= 11 is 0. The molecule has 1 saturated heterocycles. The van der Waals surface area contributed by atoms with Crippen molar-refractivity contribution in [2.75, 3.05) is 31.1 Å². The zero-order valence-electron chi connectivity index (χ0n) is 16.0. The summed E-state index contributed by atoms with van der Waals surface area (Å²) in [4.78, 5) is 37.3. The third kappa shape index (κ3) is 4.81. The van der Waals surface area contributed by atoms with Gasteiger partial charge in [-0.1, -0.05) is 0 Å². The fourth-order valence-corrected chi connectivity index (χ4v) is 2.92. The van der Waals surface area contributed by atoms with Crippen LogP contribution in [0.4, 0.5) is 5.95 Å². The van der Waals surface area contributed by atoms with E-state index in [1.165, 1.54) is 0 Å². The number of anilines is 1. The van der Waals surface area contributed by atoms with Crippen molar-refractivity contribution in [1.29, 1.82) is 0 Å². The number of nitrogens with zero attached hydrogens (tertiary/aromatic N) is 4. The molecule has 0 atom stereocenters. The number of aromatic nitrogens is 2. The van der Waals surface area contributed by atoms with E-state index in [-0.39, 0.29) is 17.4 Å². The predicted octanol–water partition coefficient (Wildman–Crippen LogP) is 1.97. The molecule has 1 N–H and O–H groups in total. The Bertz CT molecular complexity index is 791. The van der Waals surface area contributed by atoms with E-state index in [1.807, 2.05) is 25.7 Å². The quantitative estimate of drug-likeness (QED) is 0.897. The van der Waals surface area contributed by atoms with Gasteiger partial charge >= 0.3 is 0 Å². The molecule has 0 radical (unpaired) electrons.